The minimum absolute atomic E-state index is 0.311. The number of ketones is 2. The number of amides is 1. The average molecular weight is 390 g/mol. The maximum atomic E-state index is 12.8. The fraction of sp³-hybridized carbons (Fsp3) is 0.261. The highest BCUT2D eigenvalue weighted by molar-refractivity contribution is 6.42. The van der Waals surface area contributed by atoms with Gasteiger partial charge in [-0.3, -0.25) is 14.4 Å². The Bertz CT molecular complexity index is 1100. The molecular weight excluding hydrogens is 368 g/mol. The zero-order valence-electron chi connectivity index (χ0n) is 16.3. The molecule has 0 spiro atoms. The summed E-state index contributed by atoms with van der Waals surface area (Å²) >= 11 is 0. The molecule has 0 aliphatic carbocycles. The summed E-state index contributed by atoms with van der Waals surface area (Å²) in [5.74, 6) is -2.02. The van der Waals surface area contributed by atoms with E-state index in [2.05, 4.69) is 4.98 Å². The van der Waals surface area contributed by atoms with Crippen LogP contribution in [0.5, 0.6) is 5.75 Å². The second-order valence-electron chi connectivity index (χ2n) is 7.25. The number of nitrogens with zero attached hydrogens (tertiary/aromatic N) is 1. The van der Waals surface area contributed by atoms with Crippen LogP contribution in [0.4, 0.5) is 0 Å². The van der Waals surface area contributed by atoms with Crippen molar-refractivity contribution in [3.05, 3.63) is 65.9 Å². The summed E-state index contributed by atoms with van der Waals surface area (Å²) < 4.78 is 5.45. The fourth-order valence-corrected chi connectivity index (χ4v) is 4.21. The molecule has 1 aliphatic rings. The first-order valence-corrected chi connectivity index (χ1v) is 9.56. The first kappa shape index (κ1) is 18.9. The Morgan fingerprint density at radius 3 is 2.59 bits per heavy atom. The Morgan fingerprint density at radius 2 is 1.83 bits per heavy atom. The van der Waals surface area contributed by atoms with Gasteiger partial charge in [-0.15, -0.1) is 0 Å². The number of carbonyl (C=O) groups is 3. The van der Waals surface area contributed by atoms with Crippen LogP contribution >= 0.6 is 0 Å². The van der Waals surface area contributed by atoms with Crippen molar-refractivity contribution < 1.29 is 19.1 Å². The number of para-hydroxylation sites is 2. The molecule has 6 nitrogen and oxygen atoms in total. The van der Waals surface area contributed by atoms with Crippen molar-refractivity contribution in [3.8, 4) is 5.75 Å². The second-order valence-corrected chi connectivity index (χ2v) is 7.25. The molecule has 2 aromatic carbocycles. The number of carbonyl (C=O) groups excluding carboxylic acids is 3. The molecule has 1 saturated heterocycles. The molecule has 4 rings (SSSR count). The molecule has 3 aromatic rings. The lowest BCUT2D eigenvalue weighted by Crippen LogP contribution is -2.32. The van der Waals surface area contributed by atoms with E-state index in [-0.39, 0.29) is 5.78 Å². The minimum atomic E-state index is -1.01. The summed E-state index contributed by atoms with van der Waals surface area (Å²) in [6, 6.07) is 14.5. The van der Waals surface area contributed by atoms with Crippen LogP contribution in [-0.4, -0.2) is 41.0 Å². The highest BCUT2D eigenvalue weighted by Gasteiger charge is 2.50. The molecule has 0 saturated carbocycles. The SMILES string of the molecule is COc1ccccc1C1C(C(C)=O)C(=O)C(=O)N1CCc1c[nH]c2ccccc12. The number of Topliss-reactive ketones (excluding diaryl/α,β-unsaturated/α-hetero) is 2. The maximum absolute atomic E-state index is 12.8. The van der Waals surface area contributed by atoms with Crippen molar-refractivity contribution in [1.29, 1.82) is 0 Å². The number of methoxy groups -OCH3 is 1. The quantitative estimate of drug-likeness (QED) is 0.518. The van der Waals surface area contributed by atoms with Gasteiger partial charge >= 0.3 is 0 Å². The number of aromatic nitrogens is 1. The largest absolute Gasteiger partial charge is 0.496 e. The van der Waals surface area contributed by atoms with Crippen molar-refractivity contribution in [1.82, 2.24) is 9.88 Å². The number of benzene rings is 2. The molecule has 6 heteroatoms. The van der Waals surface area contributed by atoms with E-state index in [0.29, 0.717) is 24.3 Å². The molecule has 2 atom stereocenters. The minimum Gasteiger partial charge on any atom is -0.496 e. The van der Waals surface area contributed by atoms with Crippen LogP contribution in [0.1, 0.15) is 24.1 Å². The molecule has 0 radical (unpaired) electrons. The molecule has 1 N–H and O–H groups in total. The predicted molar refractivity (Wildman–Crippen MR) is 109 cm³/mol. The lowest BCUT2D eigenvalue weighted by atomic mass is 9.89. The molecule has 2 heterocycles. The lowest BCUT2D eigenvalue weighted by Gasteiger charge is -2.28. The molecule has 2 unspecified atom stereocenters. The Balaban J connectivity index is 1.70. The van der Waals surface area contributed by atoms with Crippen molar-refractivity contribution >= 4 is 28.4 Å². The topological polar surface area (TPSA) is 79.5 Å². The predicted octanol–water partition coefficient (Wildman–Crippen LogP) is 3.08. The van der Waals surface area contributed by atoms with E-state index in [1.807, 2.05) is 48.7 Å². The van der Waals surface area contributed by atoms with Crippen LogP contribution in [-0.2, 0) is 20.8 Å². The summed E-state index contributed by atoms with van der Waals surface area (Å²) in [5.41, 5.74) is 2.76. The highest BCUT2D eigenvalue weighted by atomic mass is 16.5. The van der Waals surface area contributed by atoms with Gasteiger partial charge in [0.25, 0.3) is 5.91 Å². The fourth-order valence-electron chi connectivity index (χ4n) is 4.21. The van der Waals surface area contributed by atoms with E-state index in [1.165, 1.54) is 18.9 Å². The number of hydrogen-bond acceptors (Lipinski definition) is 4. The van der Waals surface area contributed by atoms with Crippen molar-refractivity contribution in [2.24, 2.45) is 5.92 Å². The van der Waals surface area contributed by atoms with Gasteiger partial charge in [-0.25, -0.2) is 0 Å². The van der Waals surface area contributed by atoms with E-state index in [1.54, 1.807) is 6.07 Å². The van der Waals surface area contributed by atoms with Gasteiger partial charge < -0.3 is 14.6 Å². The van der Waals surface area contributed by atoms with Crippen LogP contribution in [0.3, 0.4) is 0 Å². The van der Waals surface area contributed by atoms with Gasteiger partial charge in [-0.05, 0) is 31.0 Å². The van der Waals surface area contributed by atoms with Gasteiger partial charge in [-0.2, -0.15) is 0 Å². The Morgan fingerprint density at radius 1 is 1.10 bits per heavy atom. The monoisotopic (exact) mass is 390 g/mol. The molecule has 0 bridgehead atoms. The molecular formula is C23H22N2O4. The normalized spacial score (nSPS) is 19.2. The first-order valence-electron chi connectivity index (χ1n) is 9.56. The van der Waals surface area contributed by atoms with Crippen LogP contribution in [0, 0.1) is 5.92 Å². The third-order valence-electron chi connectivity index (χ3n) is 5.60. The molecule has 1 fully saturated rings. The van der Waals surface area contributed by atoms with E-state index in [9.17, 15) is 14.4 Å². The third kappa shape index (κ3) is 3.20. The number of ether oxygens (including phenoxy) is 1. The maximum Gasteiger partial charge on any atom is 0.291 e. The summed E-state index contributed by atoms with van der Waals surface area (Å²) in [6.07, 6.45) is 2.49. The number of nitrogens with one attached hydrogen (secondary N) is 1. The molecule has 148 valence electrons. The molecule has 1 aromatic heterocycles. The zero-order chi connectivity index (χ0) is 20.5. The number of likely N-dealkylation sites (tertiary alicyclic amines) is 1. The van der Waals surface area contributed by atoms with Crippen LogP contribution in [0.15, 0.2) is 54.7 Å². The second kappa shape index (κ2) is 7.54. The van der Waals surface area contributed by atoms with Crippen molar-refractivity contribution in [3.63, 3.8) is 0 Å². The van der Waals surface area contributed by atoms with E-state index in [0.717, 1.165) is 16.5 Å². The smallest absolute Gasteiger partial charge is 0.291 e. The number of hydrogen-bond donors (Lipinski definition) is 1. The van der Waals surface area contributed by atoms with Crippen LogP contribution in [0.25, 0.3) is 10.9 Å². The van der Waals surface area contributed by atoms with Gasteiger partial charge in [0, 0.05) is 29.2 Å². The third-order valence-corrected chi connectivity index (χ3v) is 5.60. The summed E-state index contributed by atoms with van der Waals surface area (Å²) in [4.78, 5) is 42.5. The number of rotatable bonds is 6. The first-order chi connectivity index (χ1) is 14.0. The average Bonchev–Trinajstić information content (AvgIpc) is 3.25. The van der Waals surface area contributed by atoms with Gasteiger partial charge in [0.05, 0.1) is 13.2 Å². The van der Waals surface area contributed by atoms with Gasteiger partial charge in [0.1, 0.15) is 17.5 Å². The Labute approximate surface area is 168 Å². The van der Waals surface area contributed by atoms with Crippen LogP contribution < -0.4 is 4.74 Å². The highest BCUT2D eigenvalue weighted by Crippen LogP contribution is 2.40. The molecule has 29 heavy (non-hydrogen) atoms. The standard InChI is InChI=1S/C23H22N2O4/c1-14(26)20-21(17-8-4-6-10-19(17)29-2)25(23(28)22(20)27)12-11-15-13-24-18-9-5-3-7-16(15)18/h3-10,13,20-21,24H,11-12H2,1-2H3. The summed E-state index contributed by atoms with van der Waals surface area (Å²) in [5, 5.41) is 1.09. The molecule has 1 amide bonds. The van der Waals surface area contributed by atoms with Gasteiger partial charge in [0.2, 0.25) is 5.78 Å². The summed E-state index contributed by atoms with van der Waals surface area (Å²) in [6.45, 7) is 1.69. The van der Waals surface area contributed by atoms with Gasteiger partial charge in [-0.1, -0.05) is 36.4 Å². The van der Waals surface area contributed by atoms with Crippen molar-refractivity contribution in [2.75, 3.05) is 13.7 Å². The zero-order valence-corrected chi connectivity index (χ0v) is 16.3. The van der Waals surface area contributed by atoms with E-state index in [4.69, 9.17) is 4.74 Å². The van der Waals surface area contributed by atoms with Crippen molar-refractivity contribution in [2.45, 2.75) is 19.4 Å². The van der Waals surface area contributed by atoms with Gasteiger partial charge in [0.15, 0.2) is 0 Å². The molecule has 1 aliphatic heterocycles. The lowest BCUT2D eigenvalue weighted by molar-refractivity contribution is -0.142. The number of H-pyrrole nitrogens is 1. The Hall–Kier alpha value is -3.41. The van der Waals surface area contributed by atoms with E-state index < -0.39 is 23.7 Å². The summed E-state index contributed by atoms with van der Waals surface area (Å²) in [7, 11) is 1.54. The van der Waals surface area contributed by atoms with Crippen LogP contribution in [0.2, 0.25) is 0 Å². The number of aromatic amines is 1. The Kier molecular flexibility index (Phi) is 4.92. The number of fused-ring (bicyclic) bond motifs is 1. The van der Waals surface area contributed by atoms with E-state index >= 15 is 0 Å².